The molecule has 0 saturated carbocycles. The van der Waals surface area contributed by atoms with E-state index in [2.05, 4.69) is 21.7 Å². The molecule has 0 aliphatic carbocycles. The van der Waals surface area contributed by atoms with E-state index in [1.807, 2.05) is 19.1 Å². The molecule has 0 unspecified atom stereocenters. The molecule has 0 spiro atoms. The van der Waals surface area contributed by atoms with E-state index < -0.39 is 23.4 Å². The number of carbonyl (C=O) groups excluding carboxylic acids is 3. The Morgan fingerprint density at radius 2 is 1.77 bits per heavy atom. The minimum absolute atomic E-state index is 0.161. The van der Waals surface area contributed by atoms with Gasteiger partial charge in [-0.1, -0.05) is 23.7 Å². The molecule has 3 rings (SSSR count). The number of methoxy groups -OCH3 is 1. The van der Waals surface area contributed by atoms with E-state index in [1.54, 1.807) is 50.2 Å². The fourth-order valence-electron chi connectivity index (χ4n) is 3.33. The summed E-state index contributed by atoms with van der Waals surface area (Å²) in [4.78, 5) is 38.9. The normalized spacial score (nSPS) is 11.1. The van der Waals surface area contributed by atoms with E-state index in [1.165, 1.54) is 7.11 Å². The SMILES string of the molecule is COC(=O)C(C)(C)CN(C(=O)NCc1ccc(Cl)cc1)C(=O)NNNc1ccc2oc(C)cc2c1. The summed E-state index contributed by atoms with van der Waals surface area (Å²) >= 11 is 5.90. The summed E-state index contributed by atoms with van der Waals surface area (Å²) in [5.74, 6) is 0.225. The molecule has 35 heavy (non-hydrogen) atoms. The van der Waals surface area contributed by atoms with Gasteiger partial charge in [0.2, 0.25) is 0 Å². The number of anilines is 1. The van der Waals surface area contributed by atoms with Crippen LogP contribution in [0.3, 0.4) is 0 Å². The van der Waals surface area contributed by atoms with Gasteiger partial charge in [-0.15, -0.1) is 5.53 Å². The molecule has 4 N–H and O–H groups in total. The molecule has 0 radical (unpaired) electrons. The number of nitrogens with zero attached hydrogens (tertiary/aromatic N) is 1. The fourth-order valence-corrected chi connectivity index (χ4v) is 3.45. The van der Waals surface area contributed by atoms with Crippen LogP contribution >= 0.6 is 11.6 Å². The molecule has 10 nitrogen and oxygen atoms in total. The van der Waals surface area contributed by atoms with Gasteiger partial charge in [0.15, 0.2) is 0 Å². The van der Waals surface area contributed by atoms with Crippen molar-refractivity contribution in [3.8, 4) is 0 Å². The molecule has 0 saturated heterocycles. The van der Waals surface area contributed by atoms with Crippen molar-refractivity contribution in [3.63, 3.8) is 0 Å². The third-order valence-electron chi connectivity index (χ3n) is 5.15. The van der Waals surface area contributed by atoms with E-state index in [0.29, 0.717) is 10.7 Å². The second-order valence-corrected chi connectivity index (χ2v) is 8.97. The number of hydrogen-bond acceptors (Lipinski definition) is 7. The smallest absolute Gasteiger partial charge is 0.341 e. The molecular weight excluding hydrogens is 474 g/mol. The average Bonchev–Trinajstić information content (AvgIpc) is 3.20. The third-order valence-corrected chi connectivity index (χ3v) is 5.41. The summed E-state index contributed by atoms with van der Waals surface area (Å²) in [5.41, 5.74) is 8.91. The number of amides is 4. The van der Waals surface area contributed by atoms with Crippen molar-refractivity contribution >= 4 is 46.3 Å². The van der Waals surface area contributed by atoms with Gasteiger partial charge in [-0.2, -0.15) is 0 Å². The molecule has 2 aromatic carbocycles. The van der Waals surface area contributed by atoms with Crippen molar-refractivity contribution < 1.29 is 23.5 Å². The van der Waals surface area contributed by atoms with E-state index in [-0.39, 0.29) is 13.1 Å². The number of nitrogens with one attached hydrogen (secondary N) is 4. The van der Waals surface area contributed by atoms with Gasteiger partial charge in [0, 0.05) is 23.5 Å². The maximum Gasteiger partial charge on any atom is 0.341 e. The van der Waals surface area contributed by atoms with E-state index in [0.717, 1.165) is 27.2 Å². The molecule has 0 atom stereocenters. The first-order chi connectivity index (χ1) is 16.6. The Morgan fingerprint density at radius 3 is 2.46 bits per heavy atom. The number of hydrazine groups is 2. The van der Waals surface area contributed by atoms with Crippen molar-refractivity contribution in [1.82, 2.24) is 21.2 Å². The van der Waals surface area contributed by atoms with Gasteiger partial charge in [-0.3, -0.25) is 10.2 Å². The van der Waals surface area contributed by atoms with Crippen LogP contribution in [0.15, 0.2) is 52.9 Å². The number of rotatable bonds is 8. The van der Waals surface area contributed by atoms with Gasteiger partial charge >= 0.3 is 18.0 Å². The van der Waals surface area contributed by atoms with Gasteiger partial charge in [-0.25, -0.2) is 14.5 Å². The lowest BCUT2D eigenvalue weighted by atomic mass is 9.93. The van der Waals surface area contributed by atoms with E-state index in [4.69, 9.17) is 20.8 Å². The lowest BCUT2D eigenvalue weighted by molar-refractivity contribution is -0.151. The number of hydrogen-bond donors (Lipinski definition) is 4. The molecule has 11 heteroatoms. The number of furan rings is 1. The number of imide groups is 1. The number of aryl methyl sites for hydroxylation is 1. The Bertz CT molecular complexity index is 1210. The number of halogens is 1. The molecule has 1 heterocycles. The van der Waals surface area contributed by atoms with Crippen molar-refractivity contribution in [3.05, 3.63) is 64.9 Å². The Kier molecular flexibility index (Phi) is 8.21. The van der Waals surface area contributed by atoms with E-state index >= 15 is 0 Å². The molecule has 0 aliphatic heterocycles. The highest BCUT2D eigenvalue weighted by Crippen LogP contribution is 2.22. The highest BCUT2D eigenvalue weighted by atomic mass is 35.5. The third kappa shape index (κ3) is 6.87. The first kappa shape index (κ1) is 25.9. The van der Waals surface area contributed by atoms with Crippen molar-refractivity contribution in [2.24, 2.45) is 5.41 Å². The number of fused-ring (bicyclic) bond motifs is 1. The zero-order valence-corrected chi connectivity index (χ0v) is 20.7. The molecule has 4 amide bonds. The van der Waals surface area contributed by atoms with Gasteiger partial charge in [0.05, 0.1) is 18.2 Å². The van der Waals surface area contributed by atoms with E-state index in [9.17, 15) is 14.4 Å². The molecule has 0 fully saturated rings. The Hall–Kier alpha value is -3.76. The van der Waals surface area contributed by atoms with Gasteiger partial charge in [-0.05, 0) is 62.7 Å². The maximum atomic E-state index is 12.9. The van der Waals surface area contributed by atoms with Crippen LogP contribution in [0.5, 0.6) is 0 Å². The first-order valence-electron chi connectivity index (χ1n) is 10.8. The highest BCUT2D eigenvalue weighted by Gasteiger charge is 2.35. The monoisotopic (exact) mass is 501 g/mol. The number of esters is 1. The largest absolute Gasteiger partial charge is 0.469 e. The Morgan fingerprint density at radius 1 is 1.06 bits per heavy atom. The molecular formula is C24H28ClN5O5. The second kappa shape index (κ2) is 11.1. The van der Waals surface area contributed by atoms with Crippen molar-refractivity contribution in [2.45, 2.75) is 27.3 Å². The van der Waals surface area contributed by atoms with Crippen LogP contribution in [0.25, 0.3) is 11.0 Å². The molecule has 186 valence electrons. The van der Waals surface area contributed by atoms with Gasteiger partial charge in [0.1, 0.15) is 11.3 Å². The molecule has 0 bridgehead atoms. The van der Waals surface area contributed by atoms with Crippen LogP contribution in [0, 0.1) is 12.3 Å². The minimum atomic E-state index is -1.14. The lowest BCUT2D eigenvalue weighted by Gasteiger charge is -2.29. The van der Waals surface area contributed by atoms with Crippen LogP contribution in [-0.4, -0.2) is 36.6 Å². The summed E-state index contributed by atoms with van der Waals surface area (Å²) < 4.78 is 10.4. The Labute approximate surface area is 207 Å². The van der Waals surface area contributed by atoms with Gasteiger partial charge < -0.3 is 19.9 Å². The number of carbonyl (C=O) groups is 3. The van der Waals surface area contributed by atoms with Crippen LogP contribution < -0.4 is 21.7 Å². The van der Waals surface area contributed by atoms with Crippen LogP contribution in [0.1, 0.15) is 25.2 Å². The fraction of sp³-hybridized carbons (Fsp3) is 0.292. The molecule has 0 aliphatic rings. The predicted octanol–water partition coefficient (Wildman–Crippen LogP) is 4.35. The first-order valence-corrected chi connectivity index (χ1v) is 11.2. The molecule has 3 aromatic rings. The summed E-state index contributed by atoms with van der Waals surface area (Å²) in [7, 11) is 1.25. The van der Waals surface area contributed by atoms with Crippen molar-refractivity contribution in [2.75, 3.05) is 19.1 Å². The number of urea groups is 2. The van der Waals surface area contributed by atoms with Crippen LogP contribution in [-0.2, 0) is 16.1 Å². The number of benzene rings is 2. The minimum Gasteiger partial charge on any atom is -0.469 e. The zero-order valence-electron chi connectivity index (χ0n) is 19.9. The lowest BCUT2D eigenvalue weighted by Crippen LogP contribution is -2.56. The molecule has 1 aromatic heterocycles. The standard InChI is InChI=1S/C24H28ClN5O5/c1-15-11-17-12-19(9-10-20(17)35-15)27-29-28-23(33)30(14-24(2,3)21(31)34-4)22(32)26-13-16-5-7-18(25)8-6-16/h5-12,27,29H,13-14H2,1-4H3,(H,26,32)(H,28,33). The van der Waals surface area contributed by atoms with Crippen LogP contribution in [0.2, 0.25) is 5.02 Å². The zero-order chi connectivity index (χ0) is 25.6. The summed E-state index contributed by atoms with van der Waals surface area (Å²) in [5, 5.41) is 4.14. The average molecular weight is 502 g/mol. The summed E-state index contributed by atoms with van der Waals surface area (Å²) in [6, 6.07) is 12.7. The predicted molar refractivity (Wildman–Crippen MR) is 132 cm³/mol. The Balaban J connectivity index is 1.65. The highest BCUT2D eigenvalue weighted by molar-refractivity contribution is 6.30. The van der Waals surface area contributed by atoms with Gasteiger partial charge in [0.25, 0.3) is 0 Å². The second-order valence-electron chi connectivity index (χ2n) is 8.54. The quantitative estimate of drug-likeness (QED) is 0.267. The summed E-state index contributed by atoms with van der Waals surface area (Å²) in [6.45, 7) is 4.96. The van der Waals surface area contributed by atoms with Crippen molar-refractivity contribution in [1.29, 1.82) is 0 Å². The maximum absolute atomic E-state index is 12.9. The summed E-state index contributed by atoms with van der Waals surface area (Å²) in [6.07, 6.45) is 0. The number of ether oxygens (including phenoxy) is 1. The van der Waals surface area contributed by atoms with Crippen LogP contribution in [0.4, 0.5) is 15.3 Å². The topological polar surface area (TPSA) is 125 Å².